The Morgan fingerprint density at radius 2 is 2.00 bits per heavy atom. The smallest absolute Gasteiger partial charge is 0.0484 e. The molecular formula is C12H24N2O. The van der Waals surface area contributed by atoms with Gasteiger partial charge in [-0.2, -0.15) is 0 Å². The molecule has 1 heterocycles. The lowest BCUT2D eigenvalue weighted by molar-refractivity contribution is 0.0405. The van der Waals surface area contributed by atoms with E-state index in [1.165, 1.54) is 25.7 Å². The normalized spacial score (nSPS) is 26.2. The molecule has 2 rings (SSSR count). The first kappa shape index (κ1) is 11.4. The number of nitrogens with one attached hydrogen (secondary N) is 1. The zero-order chi connectivity index (χ0) is 10.6. The van der Waals surface area contributed by atoms with Crippen LogP contribution in [-0.4, -0.2) is 31.8 Å². The molecule has 0 unspecified atom stereocenters. The van der Waals surface area contributed by atoms with Crippen LogP contribution in [0.2, 0.25) is 0 Å². The molecule has 1 saturated carbocycles. The molecule has 1 aliphatic carbocycles. The third-order valence-corrected chi connectivity index (χ3v) is 4.12. The van der Waals surface area contributed by atoms with E-state index in [9.17, 15) is 0 Å². The standard InChI is InChI=1S/C12H24N2O/c13-10-12(5-8-15-9-6-12)14-7-4-11-2-1-3-11/h11,14H,1-10,13H2. The van der Waals surface area contributed by atoms with E-state index >= 15 is 0 Å². The highest BCUT2D eigenvalue weighted by molar-refractivity contribution is 4.91. The maximum absolute atomic E-state index is 5.88. The summed E-state index contributed by atoms with van der Waals surface area (Å²) in [6.45, 7) is 3.63. The van der Waals surface area contributed by atoms with Crippen molar-refractivity contribution in [3.05, 3.63) is 0 Å². The van der Waals surface area contributed by atoms with Crippen LogP contribution >= 0.6 is 0 Å². The van der Waals surface area contributed by atoms with Crippen molar-refractivity contribution < 1.29 is 4.74 Å². The monoisotopic (exact) mass is 212 g/mol. The zero-order valence-electron chi connectivity index (χ0n) is 9.63. The van der Waals surface area contributed by atoms with Gasteiger partial charge in [0.2, 0.25) is 0 Å². The fourth-order valence-electron chi connectivity index (χ4n) is 2.54. The van der Waals surface area contributed by atoms with Gasteiger partial charge in [0.25, 0.3) is 0 Å². The predicted octanol–water partition coefficient (Wildman–Crippen LogP) is 1.27. The van der Waals surface area contributed by atoms with Gasteiger partial charge in [-0.3, -0.25) is 0 Å². The number of hydrogen-bond donors (Lipinski definition) is 2. The minimum Gasteiger partial charge on any atom is -0.381 e. The minimum absolute atomic E-state index is 0.183. The largest absolute Gasteiger partial charge is 0.381 e. The predicted molar refractivity (Wildman–Crippen MR) is 61.8 cm³/mol. The van der Waals surface area contributed by atoms with Gasteiger partial charge in [-0.15, -0.1) is 0 Å². The third-order valence-electron chi connectivity index (χ3n) is 4.12. The van der Waals surface area contributed by atoms with Crippen LogP contribution in [0.3, 0.4) is 0 Å². The van der Waals surface area contributed by atoms with Crippen molar-refractivity contribution in [2.24, 2.45) is 11.7 Å². The van der Waals surface area contributed by atoms with Gasteiger partial charge < -0.3 is 15.8 Å². The van der Waals surface area contributed by atoms with Gasteiger partial charge in [-0.25, -0.2) is 0 Å². The maximum Gasteiger partial charge on any atom is 0.0484 e. The first-order valence-electron chi connectivity index (χ1n) is 6.37. The van der Waals surface area contributed by atoms with E-state index in [-0.39, 0.29) is 5.54 Å². The Kier molecular flexibility index (Phi) is 4.00. The van der Waals surface area contributed by atoms with Gasteiger partial charge in [0.1, 0.15) is 0 Å². The van der Waals surface area contributed by atoms with Gasteiger partial charge in [0, 0.05) is 25.3 Å². The maximum atomic E-state index is 5.88. The molecule has 1 saturated heterocycles. The van der Waals surface area contributed by atoms with E-state index in [1.807, 2.05) is 0 Å². The van der Waals surface area contributed by atoms with Gasteiger partial charge in [-0.1, -0.05) is 19.3 Å². The van der Waals surface area contributed by atoms with E-state index < -0.39 is 0 Å². The Morgan fingerprint density at radius 1 is 1.27 bits per heavy atom. The highest BCUT2D eigenvalue weighted by Crippen LogP contribution is 2.29. The zero-order valence-corrected chi connectivity index (χ0v) is 9.63. The summed E-state index contributed by atoms with van der Waals surface area (Å²) in [6.07, 6.45) is 7.83. The molecule has 0 bridgehead atoms. The molecule has 0 atom stereocenters. The summed E-state index contributed by atoms with van der Waals surface area (Å²) >= 11 is 0. The topological polar surface area (TPSA) is 47.3 Å². The summed E-state index contributed by atoms with van der Waals surface area (Å²) in [5.74, 6) is 0.993. The fraction of sp³-hybridized carbons (Fsp3) is 1.00. The Labute approximate surface area is 92.7 Å². The summed E-state index contributed by atoms with van der Waals surface area (Å²) in [4.78, 5) is 0. The van der Waals surface area contributed by atoms with Crippen molar-refractivity contribution in [2.75, 3.05) is 26.3 Å². The lowest BCUT2D eigenvalue weighted by Gasteiger charge is -2.38. The quantitative estimate of drug-likeness (QED) is 0.721. The first-order chi connectivity index (χ1) is 7.35. The first-order valence-corrected chi connectivity index (χ1v) is 6.37. The average Bonchev–Trinajstić information content (AvgIpc) is 2.23. The average molecular weight is 212 g/mol. The second-order valence-electron chi connectivity index (χ2n) is 5.11. The van der Waals surface area contributed by atoms with Crippen molar-refractivity contribution in [1.82, 2.24) is 5.32 Å². The van der Waals surface area contributed by atoms with Crippen LogP contribution in [0.25, 0.3) is 0 Å². The van der Waals surface area contributed by atoms with Gasteiger partial charge in [-0.05, 0) is 31.7 Å². The van der Waals surface area contributed by atoms with Crippen LogP contribution in [0.5, 0.6) is 0 Å². The molecule has 0 aromatic carbocycles. The summed E-state index contributed by atoms with van der Waals surface area (Å²) < 4.78 is 5.39. The van der Waals surface area contributed by atoms with Crippen molar-refractivity contribution in [1.29, 1.82) is 0 Å². The van der Waals surface area contributed by atoms with Crippen molar-refractivity contribution in [3.8, 4) is 0 Å². The van der Waals surface area contributed by atoms with Crippen LogP contribution in [0, 0.1) is 5.92 Å². The van der Waals surface area contributed by atoms with Crippen LogP contribution in [0.4, 0.5) is 0 Å². The van der Waals surface area contributed by atoms with Crippen molar-refractivity contribution in [2.45, 2.75) is 44.1 Å². The summed E-state index contributed by atoms with van der Waals surface area (Å²) in [6, 6.07) is 0. The molecule has 2 aliphatic rings. The van der Waals surface area contributed by atoms with Crippen LogP contribution in [0.1, 0.15) is 38.5 Å². The third kappa shape index (κ3) is 2.92. The number of hydrogen-bond acceptors (Lipinski definition) is 3. The summed E-state index contributed by atoms with van der Waals surface area (Å²) in [5.41, 5.74) is 6.07. The van der Waals surface area contributed by atoms with Crippen LogP contribution in [0.15, 0.2) is 0 Å². The molecule has 0 radical (unpaired) electrons. The number of rotatable bonds is 5. The SMILES string of the molecule is NCC1(NCCC2CCC2)CCOCC1. The van der Waals surface area contributed by atoms with Gasteiger partial charge in [0.15, 0.2) is 0 Å². The Morgan fingerprint density at radius 3 is 2.53 bits per heavy atom. The molecule has 0 amide bonds. The molecule has 88 valence electrons. The van der Waals surface area contributed by atoms with Crippen LogP contribution in [-0.2, 0) is 4.74 Å². The Bertz CT molecular complexity index is 186. The van der Waals surface area contributed by atoms with Crippen LogP contribution < -0.4 is 11.1 Å². The Hall–Kier alpha value is -0.120. The van der Waals surface area contributed by atoms with Gasteiger partial charge >= 0.3 is 0 Å². The lowest BCUT2D eigenvalue weighted by atomic mass is 9.82. The lowest BCUT2D eigenvalue weighted by Crippen LogP contribution is -2.55. The second-order valence-corrected chi connectivity index (χ2v) is 5.11. The second kappa shape index (κ2) is 5.28. The molecule has 0 aromatic rings. The molecule has 3 heteroatoms. The fourth-order valence-corrected chi connectivity index (χ4v) is 2.54. The van der Waals surface area contributed by atoms with E-state index in [0.29, 0.717) is 0 Å². The molecule has 2 fully saturated rings. The molecule has 15 heavy (non-hydrogen) atoms. The number of nitrogens with two attached hydrogens (primary N) is 1. The van der Waals surface area contributed by atoms with E-state index in [4.69, 9.17) is 10.5 Å². The van der Waals surface area contributed by atoms with E-state index in [2.05, 4.69) is 5.32 Å². The minimum atomic E-state index is 0.183. The van der Waals surface area contributed by atoms with Crippen molar-refractivity contribution in [3.63, 3.8) is 0 Å². The number of ether oxygens (including phenoxy) is 1. The molecule has 0 spiro atoms. The van der Waals surface area contributed by atoms with Crippen molar-refractivity contribution >= 4 is 0 Å². The highest BCUT2D eigenvalue weighted by Gasteiger charge is 2.30. The van der Waals surface area contributed by atoms with E-state index in [1.54, 1.807) is 0 Å². The molecular weight excluding hydrogens is 188 g/mol. The summed E-state index contributed by atoms with van der Waals surface area (Å²) in [5, 5.41) is 3.68. The molecule has 3 nitrogen and oxygen atoms in total. The molecule has 3 N–H and O–H groups in total. The van der Waals surface area contributed by atoms with Gasteiger partial charge in [0.05, 0.1) is 0 Å². The molecule has 0 aromatic heterocycles. The van der Waals surface area contributed by atoms with E-state index in [0.717, 1.165) is 45.1 Å². The highest BCUT2D eigenvalue weighted by atomic mass is 16.5. The Balaban J connectivity index is 1.69. The molecule has 1 aliphatic heterocycles. The summed E-state index contributed by atoms with van der Waals surface area (Å²) in [7, 11) is 0.